The Bertz CT molecular complexity index is 653. The molecule has 6 heteroatoms. The molecule has 2 aromatic rings. The van der Waals surface area contributed by atoms with E-state index >= 15 is 0 Å². The van der Waals surface area contributed by atoms with Gasteiger partial charge in [0.25, 0.3) is 0 Å². The molecule has 102 valence electrons. The van der Waals surface area contributed by atoms with E-state index in [0.29, 0.717) is 11.4 Å². The van der Waals surface area contributed by atoms with Crippen LogP contribution in [-0.2, 0) is 4.79 Å². The third-order valence-electron chi connectivity index (χ3n) is 2.70. The summed E-state index contributed by atoms with van der Waals surface area (Å²) in [5.74, 6) is 0.973. The van der Waals surface area contributed by atoms with Gasteiger partial charge in [-0.05, 0) is 35.9 Å². The highest BCUT2D eigenvalue weighted by Gasteiger charge is 2.09. The van der Waals surface area contributed by atoms with E-state index in [2.05, 4.69) is 21.9 Å². The molecule has 0 aliphatic rings. The van der Waals surface area contributed by atoms with E-state index in [-0.39, 0.29) is 5.91 Å². The first kappa shape index (κ1) is 13.5. The van der Waals surface area contributed by atoms with Crippen molar-refractivity contribution in [3.63, 3.8) is 0 Å². The van der Waals surface area contributed by atoms with Crippen molar-refractivity contribution < 1.29 is 9.53 Å². The fraction of sp³-hybridized carbons (Fsp3) is 0.143. The summed E-state index contributed by atoms with van der Waals surface area (Å²) in [7, 11) is 1.60. The van der Waals surface area contributed by atoms with Gasteiger partial charge in [-0.15, -0.1) is 0 Å². The number of hydrazine groups is 1. The number of aromatic nitrogens is 1. The first-order valence-corrected chi connectivity index (χ1v) is 5.94. The van der Waals surface area contributed by atoms with Crippen molar-refractivity contribution >= 4 is 11.7 Å². The average molecular weight is 270 g/mol. The summed E-state index contributed by atoms with van der Waals surface area (Å²) in [5.41, 5.74) is 7.21. The van der Waals surface area contributed by atoms with Gasteiger partial charge < -0.3 is 9.72 Å². The van der Waals surface area contributed by atoms with E-state index in [1.54, 1.807) is 13.2 Å². The Kier molecular flexibility index (Phi) is 3.91. The molecule has 0 bridgehead atoms. The lowest BCUT2D eigenvalue weighted by atomic mass is 10.1. The smallest absolute Gasteiger partial charge is 0.235 e. The predicted molar refractivity (Wildman–Crippen MR) is 74.9 cm³/mol. The molecule has 3 N–H and O–H groups in total. The van der Waals surface area contributed by atoms with Crippen molar-refractivity contribution in [2.75, 3.05) is 12.5 Å². The molecular formula is C14H14N4O2. The molecule has 1 heterocycles. The number of nitriles is 1. The minimum absolute atomic E-state index is 0.241. The zero-order chi connectivity index (χ0) is 14.5. The van der Waals surface area contributed by atoms with E-state index in [1.807, 2.05) is 24.3 Å². The molecule has 0 saturated heterocycles. The molecule has 0 radical (unpaired) electrons. The lowest BCUT2D eigenvalue weighted by Crippen LogP contribution is -2.27. The zero-order valence-electron chi connectivity index (χ0n) is 11.2. The van der Waals surface area contributed by atoms with E-state index in [1.165, 1.54) is 6.92 Å². The van der Waals surface area contributed by atoms with Crippen molar-refractivity contribution in [3.05, 3.63) is 35.9 Å². The van der Waals surface area contributed by atoms with Crippen LogP contribution in [0.25, 0.3) is 11.3 Å². The number of benzene rings is 1. The molecule has 20 heavy (non-hydrogen) atoms. The highest BCUT2D eigenvalue weighted by molar-refractivity contribution is 5.76. The van der Waals surface area contributed by atoms with Crippen LogP contribution in [0.2, 0.25) is 0 Å². The molecule has 0 aliphatic carbocycles. The Morgan fingerprint density at radius 3 is 2.60 bits per heavy atom. The second-order valence-corrected chi connectivity index (χ2v) is 4.12. The second-order valence-electron chi connectivity index (χ2n) is 4.12. The quantitative estimate of drug-likeness (QED) is 0.741. The summed E-state index contributed by atoms with van der Waals surface area (Å²) in [6.07, 6.45) is 0. The Labute approximate surface area is 116 Å². The summed E-state index contributed by atoms with van der Waals surface area (Å²) in [4.78, 5) is 13.9. The van der Waals surface area contributed by atoms with Crippen molar-refractivity contribution in [2.45, 2.75) is 6.92 Å². The molecule has 1 aromatic heterocycles. The van der Waals surface area contributed by atoms with Gasteiger partial charge in [0.2, 0.25) is 5.91 Å². The first-order chi connectivity index (χ1) is 9.63. The Balaban J connectivity index is 2.28. The molecule has 0 unspecified atom stereocenters. The van der Waals surface area contributed by atoms with Gasteiger partial charge in [-0.1, -0.05) is 0 Å². The molecule has 0 aliphatic heterocycles. The molecule has 0 atom stereocenters. The van der Waals surface area contributed by atoms with Crippen molar-refractivity contribution in [2.24, 2.45) is 0 Å². The van der Waals surface area contributed by atoms with Gasteiger partial charge in [-0.3, -0.25) is 15.6 Å². The fourth-order valence-corrected chi connectivity index (χ4v) is 1.72. The first-order valence-electron chi connectivity index (χ1n) is 5.94. The summed E-state index contributed by atoms with van der Waals surface area (Å²) in [6.45, 7) is 1.38. The summed E-state index contributed by atoms with van der Waals surface area (Å²) < 4.78 is 5.10. The van der Waals surface area contributed by atoms with Crippen LogP contribution in [0.1, 0.15) is 12.5 Å². The van der Waals surface area contributed by atoms with E-state index in [0.717, 1.165) is 17.0 Å². The highest BCUT2D eigenvalue weighted by Crippen LogP contribution is 2.25. The number of nitrogens with zero attached hydrogens (tertiary/aromatic N) is 1. The molecule has 2 rings (SSSR count). The third-order valence-corrected chi connectivity index (χ3v) is 2.70. The van der Waals surface area contributed by atoms with Gasteiger partial charge in [-0.25, -0.2) is 0 Å². The largest absolute Gasteiger partial charge is 0.497 e. The van der Waals surface area contributed by atoms with Crippen LogP contribution in [0.15, 0.2) is 30.3 Å². The maximum absolute atomic E-state index is 10.9. The lowest BCUT2D eigenvalue weighted by Gasteiger charge is -2.04. The van der Waals surface area contributed by atoms with Crippen LogP contribution >= 0.6 is 0 Å². The number of carbonyl (C=O) groups is 1. The Hall–Kier alpha value is -2.94. The number of methoxy groups -OCH3 is 1. The normalized spacial score (nSPS) is 9.65. The van der Waals surface area contributed by atoms with Crippen LogP contribution in [0.4, 0.5) is 5.82 Å². The van der Waals surface area contributed by atoms with Crippen molar-refractivity contribution in [1.29, 1.82) is 5.26 Å². The molecule has 1 amide bonds. The Morgan fingerprint density at radius 1 is 1.35 bits per heavy atom. The van der Waals surface area contributed by atoms with E-state index in [9.17, 15) is 4.79 Å². The second kappa shape index (κ2) is 5.80. The monoisotopic (exact) mass is 270 g/mol. The standard InChI is InChI=1S/C14H14N4O2/c1-9(19)17-18-14-11(8-15)7-13(16-14)10-3-5-12(20-2)6-4-10/h3-7,16,18H,1-2H3,(H,17,19). The van der Waals surface area contributed by atoms with Crippen LogP contribution in [0.5, 0.6) is 5.75 Å². The highest BCUT2D eigenvalue weighted by atomic mass is 16.5. The predicted octanol–water partition coefficient (Wildman–Crippen LogP) is 2.02. The van der Waals surface area contributed by atoms with Crippen LogP contribution < -0.4 is 15.6 Å². The van der Waals surface area contributed by atoms with Crippen LogP contribution in [0.3, 0.4) is 0 Å². The summed E-state index contributed by atoms with van der Waals surface area (Å²) in [5, 5.41) is 9.08. The van der Waals surface area contributed by atoms with Gasteiger partial charge in [0, 0.05) is 12.6 Å². The van der Waals surface area contributed by atoms with Gasteiger partial charge in [0.05, 0.1) is 12.7 Å². The molecule has 0 saturated carbocycles. The average Bonchev–Trinajstić information content (AvgIpc) is 2.88. The number of H-pyrrole nitrogens is 1. The summed E-state index contributed by atoms with van der Waals surface area (Å²) in [6, 6.07) is 11.2. The number of ether oxygens (including phenoxy) is 1. The zero-order valence-corrected chi connectivity index (χ0v) is 11.2. The topological polar surface area (TPSA) is 89.9 Å². The number of carbonyl (C=O) groups excluding carboxylic acids is 1. The fourth-order valence-electron chi connectivity index (χ4n) is 1.72. The van der Waals surface area contributed by atoms with E-state index in [4.69, 9.17) is 10.00 Å². The third kappa shape index (κ3) is 2.90. The minimum Gasteiger partial charge on any atom is -0.497 e. The summed E-state index contributed by atoms with van der Waals surface area (Å²) >= 11 is 0. The SMILES string of the molecule is COc1ccc(-c2cc(C#N)c(NNC(C)=O)[nH]2)cc1. The lowest BCUT2D eigenvalue weighted by molar-refractivity contribution is -0.118. The van der Waals surface area contributed by atoms with Crippen LogP contribution in [-0.4, -0.2) is 18.0 Å². The van der Waals surface area contributed by atoms with Gasteiger partial charge in [0.1, 0.15) is 17.6 Å². The van der Waals surface area contributed by atoms with Gasteiger partial charge in [-0.2, -0.15) is 5.26 Å². The van der Waals surface area contributed by atoms with Crippen molar-refractivity contribution in [3.8, 4) is 23.1 Å². The van der Waals surface area contributed by atoms with Gasteiger partial charge >= 0.3 is 0 Å². The van der Waals surface area contributed by atoms with Crippen LogP contribution in [0, 0.1) is 11.3 Å². The number of rotatable bonds is 4. The number of nitrogens with one attached hydrogen (secondary N) is 3. The molecule has 0 fully saturated rings. The molecule has 0 spiro atoms. The maximum atomic E-state index is 10.9. The number of hydrogen-bond donors (Lipinski definition) is 3. The van der Waals surface area contributed by atoms with E-state index < -0.39 is 0 Å². The number of amides is 1. The van der Waals surface area contributed by atoms with Crippen molar-refractivity contribution in [1.82, 2.24) is 10.4 Å². The molecule has 1 aromatic carbocycles. The molecule has 6 nitrogen and oxygen atoms in total. The number of aromatic amines is 1. The number of hydrogen-bond acceptors (Lipinski definition) is 4. The maximum Gasteiger partial charge on any atom is 0.235 e. The molecular weight excluding hydrogens is 256 g/mol. The minimum atomic E-state index is -0.241. The Morgan fingerprint density at radius 2 is 2.05 bits per heavy atom. The van der Waals surface area contributed by atoms with Gasteiger partial charge in [0.15, 0.2) is 0 Å². The number of anilines is 1.